The predicted molar refractivity (Wildman–Crippen MR) is 84.3 cm³/mol. The number of aliphatic hydroxyl groups is 1. The van der Waals surface area contributed by atoms with Crippen LogP contribution in [0.15, 0.2) is 24.4 Å². The summed E-state index contributed by atoms with van der Waals surface area (Å²) in [7, 11) is 2.12. The highest BCUT2D eigenvalue weighted by Crippen LogP contribution is 2.35. The third kappa shape index (κ3) is 2.89. The van der Waals surface area contributed by atoms with E-state index >= 15 is 0 Å². The van der Waals surface area contributed by atoms with Crippen molar-refractivity contribution in [3.63, 3.8) is 0 Å². The van der Waals surface area contributed by atoms with Gasteiger partial charge in [-0.15, -0.1) is 0 Å². The second-order valence-corrected chi connectivity index (χ2v) is 6.51. The summed E-state index contributed by atoms with van der Waals surface area (Å²) in [6.07, 6.45) is 3.68. The van der Waals surface area contributed by atoms with E-state index in [4.69, 9.17) is 11.6 Å². The van der Waals surface area contributed by atoms with Gasteiger partial charge in [-0.1, -0.05) is 11.6 Å². The molecule has 0 radical (unpaired) electrons. The van der Waals surface area contributed by atoms with Crippen LogP contribution in [0.25, 0.3) is 10.9 Å². The van der Waals surface area contributed by atoms with Crippen LogP contribution in [-0.4, -0.2) is 40.1 Å². The number of aromatic nitrogens is 2. The Morgan fingerprint density at radius 1 is 1.33 bits per heavy atom. The molecule has 112 valence electrons. The van der Waals surface area contributed by atoms with Gasteiger partial charge in [0.15, 0.2) is 0 Å². The molecule has 1 fully saturated rings. The Balaban J connectivity index is 1.94. The summed E-state index contributed by atoms with van der Waals surface area (Å²) in [5.74, 6) is 0.232. The summed E-state index contributed by atoms with van der Waals surface area (Å²) in [4.78, 5) is 11.0. The van der Waals surface area contributed by atoms with Gasteiger partial charge in [-0.3, -0.25) is 0 Å². The summed E-state index contributed by atoms with van der Waals surface area (Å²) in [5, 5.41) is 12.4. The predicted octanol–water partition coefficient (Wildman–Crippen LogP) is 2.83. The first-order valence-corrected chi connectivity index (χ1v) is 7.68. The lowest BCUT2D eigenvalue weighted by Crippen LogP contribution is -2.41. The minimum absolute atomic E-state index is 0.232. The second-order valence-electron chi connectivity index (χ2n) is 6.12. The van der Waals surface area contributed by atoms with Crippen LogP contribution in [0.3, 0.4) is 0 Å². The van der Waals surface area contributed by atoms with Gasteiger partial charge >= 0.3 is 0 Å². The Labute approximate surface area is 129 Å². The zero-order chi connectivity index (χ0) is 15.0. The molecule has 2 aromatic heterocycles. The molecule has 2 aromatic rings. The lowest BCUT2D eigenvalue weighted by atomic mass is 9.79. The van der Waals surface area contributed by atoms with Crippen molar-refractivity contribution in [1.82, 2.24) is 14.9 Å². The van der Waals surface area contributed by atoms with Crippen LogP contribution in [0.5, 0.6) is 0 Å². The normalized spacial score (nSPS) is 20.6. The first-order chi connectivity index (χ1) is 9.96. The molecule has 1 atom stereocenters. The average Bonchev–Trinajstić information content (AvgIpc) is 2.47. The molecule has 3 rings (SSSR count). The van der Waals surface area contributed by atoms with Gasteiger partial charge in [0.25, 0.3) is 0 Å². The van der Waals surface area contributed by atoms with Crippen molar-refractivity contribution in [2.75, 3.05) is 20.1 Å². The van der Waals surface area contributed by atoms with Crippen molar-refractivity contribution >= 4 is 22.5 Å². The fourth-order valence-electron chi connectivity index (χ4n) is 3.05. The lowest BCUT2D eigenvalue weighted by Gasteiger charge is -2.38. The fraction of sp³-hybridized carbons (Fsp3) is 0.500. The summed E-state index contributed by atoms with van der Waals surface area (Å²) in [6.45, 7) is 3.91. The van der Waals surface area contributed by atoms with E-state index in [-0.39, 0.29) is 5.92 Å². The number of hydrogen-bond acceptors (Lipinski definition) is 4. The average molecular weight is 306 g/mol. The highest BCUT2D eigenvalue weighted by molar-refractivity contribution is 6.29. The molecule has 0 amide bonds. The van der Waals surface area contributed by atoms with Crippen LogP contribution in [0.4, 0.5) is 0 Å². The van der Waals surface area contributed by atoms with Gasteiger partial charge in [-0.05, 0) is 58.0 Å². The van der Waals surface area contributed by atoms with Gasteiger partial charge in [0, 0.05) is 17.6 Å². The number of nitrogens with zero attached hydrogens (tertiary/aromatic N) is 3. The SMILES string of the molecule is CN1CCC(C(C)(O)c2ccc3cnc(Cl)cc3n2)CC1. The first kappa shape index (κ1) is 14.7. The molecular formula is C16H20ClN3O. The van der Waals surface area contributed by atoms with E-state index in [1.807, 2.05) is 19.1 Å². The smallest absolute Gasteiger partial charge is 0.131 e. The standard InChI is InChI=1S/C16H20ClN3O/c1-16(21,12-5-7-20(2)8-6-12)14-4-3-11-10-18-15(17)9-13(11)19-14/h3-4,9-10,12,21H,5-8H2,1-2H3. The molecule has 5 heteroatoms. The van der Waals surface area contributed by atoms with Crippen LogP contribution in [0.1, 0.15) is 25.5 Å². The second kappa shape index (κ2) is 5.52. The molecule has 0 spiro atoms. The van der Waals surface area contributed by atoms with Crippen LogP contribution in [-0.2, 0) is 5.60 Å². The van der Waals surface area contributed by atoms with Crippen molar-refractivity contribution in [2.24, 2.45) is 5.92 Å². The summed E-state index contributed by atoms with van der Waals surface area (Å²) in [5.41, 5.74) is 0.582. The van der Waals surface area contributed by atoms with Gasteiger partial charge < -0.3 is 10.0 Å². The van der Waals surface area contributed by atoms with Gasteiger partial charge in [0.05, 0.1) is 11.2 Å². The molecule has 1 aliphatic rings. The van der Waals surface area contributed by atoms with E-state index in [1.165, 1.54) is 0 Å². The van der Waals surface area contributed by atoms with Crippen molar-refractivity contribution in [3.8, 4) is 0 Å². The summed E-state index contributed by atoms with van der Waals surface area (Å²) in [6, 6.07) is 5.59. The summed E-state index contributed by atoms with van der Waals surface area (Å²) < 4.78 is 0. The molecule has 1 aliphatic heterocycles. The molecule has 4 nitrogen and oxygen atoms in total. The van der Waals surface area contributed by atoms with Gasteiger partial charge in [-0.25, -0.2) is 9.97 Å². The number of hydrogen-bond donors (Lipinski definition) is 1. The van der Waals surface area contributed by atoms with Crippen LogP contribution in [0, 0.1) is 5.92 Å². The molecule has 1 unspecified atom stereocenters. The molecule has 1 saturated heterocycles. The monoisotopic (exact) mass is 305 g/mol. The topological polar surface area (TPSA) is 49.2 Å². The van der Waals surface area contributed by atoms with E-state index in [9.17, 15) is 5.11 Å². The van der Waals surface area contributed by atoms with Crippen molar-refractivity contribution in [3.05, 3.63) is 35.2 Å². The Morgan fingerprint density at radius 3 is 2.76 bits per heavy atom. The number of halogens is 1. The molecule has 21 heavy (non-hydrogen) atoms. The maximum absolute atomic E-state index is 11.0. The highest BCUT2D eigenvalue weighted by Gasteiger charge is 2.36. The van der Waals surface area contributed by atoms with Crippen molar-refractivity contribution < 1.29 is 5.11 Å². The number of fused-ring (bicyclic) bond motifs is 1. The Hall–Kier alpha value is -1.23. The molecule has 1 N–H and O–H groups in total. The lowest BCUT2D eigenvalue weighted by molar-refractivity contribution is -0.0334. The maximum Gasteiger partial charge on any atom is 0.131 e. The minimum Gasteiger partial charge on any atom is -0.384 e. The maximum atomic E-state index is 11.0. The molecule has 3 heterocycles. The number of piperidine rings is 1. The van der Waals surface area contributed by atoms with Gasteiger partial charge in [0.2, 0.25) is 0 Å². The van der Waals surface area contributed by atoms with Gasteiger partial charge in [-0.2, -0.15) is 0 Å². The van der Waals surface area contributed by atoms with Crippen LogP contribution >= 0.6 is 11.6 Å². The molecule has 0 aromatic carbocycles. The van der Waals surface area contributed by atoms with E-state index in [2.05, 4.69) is 21.9 Å². The largest absolute Gasteiger partial charge is 0.384 e. The Morgan fingerprint density at radius 2 is 2.05 bits per heavy atom. The van der Waals surface area contributed by atoms with E-state index < -0.39 is 5.60 Å². The van der Waals surface area contributed by atoms with E-state index in [0.29, 0.717) is 10.8 Å². The number of likely N-dealkylation sites (tertiary alicyclic amines) is 1. The molecule has 0 saturated carbocycles. The number of pyridine rings is 2. The highest BCUT2D eigenvalue weighted by atomic mass is 35.5. The van der Waals surface area contributed by atoms with Gasteiger partial charge in [0.1, 0.15) is 10.8 Å². The summed E-state index contributed by atoms with van der Waals surface area (Å²) >= 11 is 5.93. The van der Waals surface area contributed by atoms with Crippen molar-refractivity contribution in [1.29, 1.82) is 0 Å². The molecule has 0 bridgehead atoms. The van der Waals surface area contributed by atoms with Crippen LogP contribution < -0.4 is 0 Å². The van der Waals surface area contributed by atoms with E-state index in [0.717, 1.165) is 36.8 Å². The molecule has 0 aliphatic carbocycles. The quantitative estimate of drug-likeness (QED) is 0.867. The number of rotatable bonds is 2. The van der Waals surface area contributed by atoms with Crippen LogP contribution in [0.2, 0.25) is 5.15 Å². The zero-order valence-electron chi connectivity index (χ0n) is 12.4. The first-order valence-electron chi connectivity index (χ1n) is 7.30. The zero-order valence-corrected chi connectivity index (χ0v) is 13.1. The minimum atomic E-state index is -0.912. The van der Waals surface area contributed by atoms with E-state index in [1.54, 1.807) is 12.3 Å². The third-order valence-electron chi connectivity index (χ3n) is 4.57. The fourth-order valence-corrected chi connectivity index (χ4v) is 3.21. The third-order valence-corrected chi connectivity index (χ3v) is 4.78. The Kier molecular flexibility index (Phi) is 3.86. The molecular weight excluding hydrogens is 286 g/mol. The van der Waals surface area contributed by atoms with Crippen molar-refractivity contribution in [2.45, 2.75) is 25.4 Å². The Bertz CT molecular complexity index is 651.